The van der Waals surface area contributed by atoms with Gasteiger partial charge in [-0.3, -0.25) is 9.69 Å². The molecule has 0 N–H and O–H groups in total. The van der Waals surface area contributed by atoms with E-state index in [9.17, 15) is 9.59 Å². The van der Waals surface area contributed by atoms with Crippen LogP contribution in [0.5, 0.6) is 0 Å². The van der Waals surface area contributed by atoms with E-state index in [-0.39, 0.29) is 53.9 Å². The second-order valence-electron chi connectivity index (χ2n) is 16.9. The molecule has 47 heavy (non-hydrogen) atoms. The van der Waals surface area contributed by atoms with Crippen molar-refractivity contribution in [3.05, 3.63) is 30.3 Å². The Hall–Kier alpha value is -1.43. The van der Waals surface area contributed by atoms with E-state index in [4.69, 9.17) is 23.7 Å². The smallest absolute Gasteiger partial charge is 0.412 e. The first-order valence-electron chi connectivity index (χ1n) is 18.0. The molecule has 1 aromatic carbocycles. The lowest BCUT2D eigenvalue weighted by molar-refractivity contribution is -0.365. The number of carbonyl (C=O) groups excluding carboxylic acids is 2. The molecule has 0 aliphatic carbocycles. The highest BCUT2D eigenvalue weighted by atomic mass is 32.2. The number of likely N-dealkylation sites (tertiary alicyclic amines) is 1. The predicted molar refractivity (Wildman–Crippen MR) is 186 cm³/mol. The first-order chi connectivity index (χ1) is 22.2. The van der Waals surface area contributed by atoms with Gasteiger partial charge < -0.3 is 23.7 Å². The molecule has 5 aliphatic heterocycles. The minimum atomic E-state index is -1.35. The van der Waals surface area contributed by atoms with Gasteiger partial charge in [-0.05, 0) is 61.1 Å². The lowest BCUT2D eigenvalue weighted by Gasteiger charge is -2.52. The first kappa shape index (κ1) is 35.4. The third-order valence-electron chi connectivity index (χ3n) is 11.1. The molecule has 12 atom stereocenters. The van der Waals surface area contributed by atoms with E-state index in [1.165, 1.54) is 0 Å². The summed E-state index contributed by atoms with van der Waals surface area (Å²) >= 11 is 1.70. The van der Waals surface area contributed by atoms with Crippen LogP contribution >= 0.6 is 11.8 Å². The zero-order chi connectivity index (χ0) is 33.7. The standard InChI is InChI=1S/C37H57NO7SSi/c1-23-17-30-33-31(21-37(45-33)27(5)16-24(2)22-38(37)35(40)41-14-15-47(6,7)8)44-36(19-23,43-30)20-29(39)32-25(3)18-26(4)34(42-32)46-28-12-10-9-11-13-28/h9-13,23-27,30-34H,14-22H2,1-8H3/t23-,24+,25-,26+,27-,30+,31+,32+,33+,34+,36-,37-/m1/s1. The van der Waals surface area contributed by atoms with Gasteiger partial charge in [-0.15, -0.1) is 0 Å². The molecule has 1 aromatic rings. The average molecular weight is 688 g/mol. The Labute approximate surface area is 287 Å². The van der Waals surface area contributed by atoms with Crippen LogP contribution in [0, 0.1) is 29.6 Å². The van der Waals surface area contributed by atoms with Crippen molar-refractivity contribution in [2.45, 2.75) is 145 Å². The third kappa shape index (κ3) is 7.53. The number of piperidine rings is 1. The molecule has 8 nitrogen and oxygen atoms in total. The highest BCUT2D eigenvalue weighted by molar-refractivity contribution is 7.99. The van der Waals surface area contributed by atoms with Gasteiger partial charge in [0, 0.05) is 38.3 Å². The van der Waals surface area contributed by atoms with E-state index in [1.54, 1.807) is 11.8 Å². The number of amides is 1. The minimum Gasteiger partial charge on any atom is -0.450 e. The molecule has 1 spiro atoms. The molecule has 0 radical (unpaired) electrons. The maximum atomic E-state index is 14.2. The van der Waals surface area contributed by atoms with Gasteiger partial charge in [0.2, 0.25) is 0 Å². The molecule has 5 aliphatic rings. The zero-order valence-corrected chi connectivity index (χ0v) is 31.6. The number of rotatable bonds is 8. The average Bonchev–Trinajstić information content (AvgIpc) is 3.35. The Morgan fingerprint density at radius 2 is 1.64 bits per heavy atom. The van der Waals surface area contributed by atoms with Crippen LogP contribution < -0.4 is 0 Å². The number of thioether (sulfide) groups is 1. The molecular formula is C37H57NO7SSi. The molecule has 6 rings (SSSR count). The van der Waals surface area contributed by atoms with Crippen LogP contribution in [0.1, 0.15) is 73.1 Å². The van der Waals surface area contributed by atoms with E-state index >= 15 is 0 Å². The number of nitrogens with zero attached hydrogens (tertiary/aromatic N) is 1. The van der Waals surface area contributed by atoms with Gasteiger partial charge in [0.15, 0.2) is 17.3 Å². The van der Waals surface area contributed by atoms with E-state index < -0.39 is 25.7 Å². The van der Waals surface area contributed by atoms with E-state index in [1.807, 2.05) is 23.1 Å². The highest BCUT2D eigenvalue weighted by Crippen LogP contribution is 2.54. The summed E-state index contributed by atoms with van der Waals surface area (Å²) in [5.74, 6) is 0.233. The maximum Gasteiger partial charge on any atom is 0.412 e. The monoisotopic (exact) mass is 687 g/mol. The number of fused-ring (bicyclic) bond motifs is 4. The van der Waals surface area contributed by atoms with Crippen molar-refractivity contribution in [3.8, 4) is 0 Å². The SMILES string of the molecule is C[C@@H]1C[C@@H]2O[C@](CC(=O)[C@H]3O[C@@H](Sc4ccccc4)[C@@H](C)C[C@H]3C)(C1)O[C@H]1C[C@@]3(O[C@@H]21)[C@H](C)C[C@H](C)CN3C(=O)OCC[Si](C)(C)C. The normalized spacial score (nSPS) is 41.8. The van der Waals surface area contributed by atoms with Crippen molar-refractivity contribution >= 4 is 31.7 Å². The number of benzene rings is 1. The third-order valence-corrected chi connectivity index (χ3v) is 14.2. The summed E-state index contributed by atoms with van der Waals surface area (Å²) in [5, 5.41) is 0. The maximum absolute atomic E-state index is 14.2. The van der Waals surface area contributed by atoms with Crippen molar-refractivity contribution in [3.63, 3.8) is 0 Å². The Bertz CT molecular complexity index is 1280. The quantitative estimate of drug-likeness (QED) is 0.255. The van der Waals surface area contributed by atoms with Crippen LogP contribution in [0.2, 0.25) is 25.7 Å². The van der Waals surface area contributed by atoms with Crippen molar-refractivity contribution in [1.29, 1.82) is 0 Å². The van der Waals surface area contributed by atoms with Crippen LogP contribution in [-0.4, -0.2) is 79.4 Å². The van der Waals surface area contributed by atoms with Gasteiger partial charge in [0.05, 0.1) is 25.2 Å². The van der Waals surface area contributed by atoms with Crippen molar-refractivity contribution in [1.82, 2.24) is 4.90 Å². The van der Waals surface area contributed by atoms with Gasteiger partial charge >= 0.3 is 6.09 Å². The van der Waals surface area contributed by atoms with E-state index in [2.05, 4.69) is 66.4 Å². The topological polar surface area (TPSA) is 83.5 Å². The second kappa shape index (κ2) is 13.7. The number of carbonyl (C=O) groups is 2. The van der Waals surface area contributed by atoms with Gasteiger partial charge in [-0.25, -0.2) is 4.79 Å². The summed E-state index contributed by atoms with van der Waals surface area (Å²) in [6.07, 6.45) is 2.53. The van der Waals surface area contributed by atoms with Gasteiger partial charge in [-0.1, -0.05) is 84.2 Å². The molecule has 262 valence electrons. The van der Waals surface area contributed by atoms with Crippen molar-refractivity contribution in [2.24, 2.45) is 29.6 Å². The fourth-order valence-electron chi connectivity index (χ4n) is 8.89. The fraction of sp³-hybridized carbons (Fsp3) is 0.784. The number of hydrogen-bond donors (Lipinski definition) is 0. The van der Waals surface area contributed by atoms with Crippen LogP contribution in [0.3, 0.4) is 0 Å². The Morgan fingerprint density at radius 3 is 2.36 bits per heavy atom. The summed E-state index contributed by atoms with van der Waals surface area (Å²) in [6, 6.07) is 11.2. The largest absolute Gasteiger partial charge is 0.450 e. The number of ether oxygens (including phenoxy) is 5. The molecule has 5 fully saturated rings. The summed E-state index contributed by atoms with van der Waals surface area (Å²) in [5.41, 5.74) is -0.905. The van der Waals surface area contributed by atoms with Crippen LogP contribution in [0.25, 0.3) is 0 Å². The summed E-state index contributed by atoms with van der Waals surface area (Å²) in [4.78, 5) is 30.9. The molecule has 0 saturated carbocycles. The van der Waals surface area contributed by atoms with Gasteiger partial charge in [-0.2, -0.15) is 0 Å². The number of Topliss-reactive ketones (excluding diaryl/α,β-unsaturated/α-hetero) is 1. The van der Waals surface area contributed by atoms with E-state index in [0.29, 0.717) is 43.7 Å². The Balaban J connectivity index is 1.18. The highest BCUT2D eigenvalue weighted by Gasteiger charge is 2.65. The Kier molecular flexibility index (Phi) is 10.3. The zero-order valence-electron chi connectivity index (χ0n) is 29.7. The predicted octanol–water partition coefficient (Wildman–Crippen LogP) is 7.97. The van der Waals surface area contributed by atoms with Crippen molar-refractivity contribution < 1.29 is 33.3 Å². The summed E-state index contributed by atoms with van der Waals surface area (Å²) < 4.78 is 33.2. The molecule has 5 heterocycles. The Morgan fingerprint density at radius 1 is 0.915 bits per heavy atom. The first-order valence-corrected chi connectivity index (χ1v) is 22.6. The summed E-state index contributed by atoms with van der Waals surface area (Å²) in [6.45, 7) is 18.8. The van der Waals surface area contributed by atoms with Crippen LogP contribution in [-0.2, 0) is 28.5 Å². The lowest BCUT2D eigenvalue weighted by atomic mass is 9.79. The molecule has 2 bridgehead atoms. The molecule has 5 saturated heterocycles. The van der Waals surface area contributed by atoms with Gasteiger partial charge in [0.25, 0.3) is 0 Å². The summed E-state index contributed by atoms with van der Waals surface area (Å²) in [7, 11) is -1.35. The fourth-order valence-corrected chi connectivity index (χ4v) is 10.7. The molecular weight excluding hydrogens is 631 g/mol. The molecule has 1 amide bonds. The molecule has 10 heteroatoms. The van der Waals surface area contributed by atoms with E-state index in [0.717, 1.165) is 30.2 Å². The minimum absolute atomic E-state index is 0.0513. The van der Waals surface area contributed by atoms with Crippen LogP contribution in [0.4, 0.5) is 4.79 Å². The second-order valence-corrected chi connectivity index (χ2v) is 23.7. The van der Waals surface area contributed by atoms with Gasteiger partial charge in [0.1, 0.15) is 17.6 Å². The van der Waals surface area contributed by atoms with Crippen molar-refractivity contribution in [2.75, 3.05) is 13.2 Å². The molecule has 0 aromatic heterocycles. The number of hydrogen-bond acceptors (Lipinski definition) is 8. The molecule has 0 unspecified atom stereocenters. The van der Waals surface area contributed by atoms with Crippen LogP contribution in [0.15, 0.2) is 35.2 Å². The lowest BCUT2D eigenvalue weighted by Crippen LogP contribution is -2.61. The number of ketones is 1.